The van der Waals surface area contributed by atoms with Crippen LogP contribution in [0.2, 0.25) is 0 Å². The number of nitro benzene ring substituents is 1. The third-order valence-electron chi connectivity index (χ3n) is 3.91. The van der Waals surface area contributed by atoms with E-state index in [4.69, 9.17) is 4.74 Å². The Morgan fingerprint density at radius 2 is 2.00 bits per heavy atom. The maximum Gasteiger partial charge on any atom is 0.270 e. The third kappa shape index (κ3) is 3.48. The first-order chi connectivity index (χ1) is 9.47. The Bertz CT molecular complexity index is 479. The number of ether oxygens (including phenoxy) is 1. The minimum atomic E-state index is -0.785. The fourth-order valence-electron chi connectivity index (χ4n) is 2.61. The first-order valence-corrected chi connectivity index (χ1v) is 7.10. The molecule has 1 saturated carbocycles. The van der Waals surface area contributed by atoms with Gasteiger partial charge in [0, 0.05) is 17.7 Å². The summed E-state index contributed by atoms with van der Waals surface area (Å²) in [6, 6.07) is 4.41. The highest BCUT2D eigenvalue weighted by atomic mass is 16.6. The topological polar surface area (TPSA) is 72.6 Å². The predicted octanol–water partition coefficient (Wildman–Crippen LogP) is 3.61. The summed E-state index contributed by atoms with van der Waals surface area (Å²) in [5.41, 5.74) is 0.461. The smallest absolute Gasteiger partial charge is 0.270 e. The van der Waals surface area contributed by atoms with Crippen molar-refractivity contribution in [2.75, 3.05) is 0 Å². The number of aliphatic hydroxyl groups excluding tert-OH is 1. The van der Waals surface area contributed by atoms with Gasteiger partial charge in [0.1, 0.15) is 5.75 Å². The Morgan fingerprint density at radius 1 is 1.35 bits per heavy atom. The van der Waals surface area contributed by atoms with Crippen molar-refractivity contribution < 1.29 is 14.8 Å². The molecule has 1 aromatic carbocycles. The zero-order chi connectivity index (χ0) is 14.7. The lowest BCUT2D eigenvalue weighted by atomic mass is 9.89. The summed E-state index contributed by atoms with van der Waals surface area (Å²) in [7, 11) is 0. The van der Waals surface area contributed by atoms with E-state index < -0.39 is 11.0 Å². The molecular formula is C15H21NO4. The summed E-state index contributed by atoms with van der Waals surface area (Å²) in [5, 5.41) is 20.6. The minimum Gasteiger partial charge on any atom is -0.490 e. The van der Waals surface area contributed by atoms with Crippen LogP contribution in [0.4, 0.5) is 5.69 Å². The van der Waals surface area contributed by atoms with E-state index in [1.165, 1.54) is 12.1 Å². The van der Waals surface area contributed by atoms with E-state index in [0.29, 0.717) is 11.3 Å². The molecule has 0 aliphatic heterocycles. The number of nitro groups is 1. The third-order valence-corrected chi connectivity index (χ3v) is 3.91. The second-order valence-electron chi connectivity index (χ2n) is 5.65. The molecule has 1 N–H and O–H groups in total. The molecule has 0 aromatic heterocycles. The Morgan fingerprint density at radius 3 is 2.55 bits per heavy atom. The lowest BCUT2D eigenvalue weighted by Crippen LogP contribution is -2.23. The number of nitrogens with zero attached hydrogens (tertiary/aromatic N) is 1. The molecule has 0 bridgehead atoms. The van der Waals surface area contributed by atoms with Gasteiger partial charge in [-0.3, -0.25) is 10.1 Å². The molecule has 0 saturated heterocycles. The van der Waals surface area contributed by atoms with Crippen molar-refractivity contribution in [3.63, 3.8) is 0 Å². The standard InChI is InChI=1S/C15H21NO4/c1-10-3-6-13(7-4-10)20-15-8-5-12(16(18)19)9-14(15)11(2)17/h5,8-11,13,17H,3-4,6-7H2,1-2H3. The van der Waals surface area contributed by atoms with Gasteiger partial charge in [-0.25, -0.2) is 0 Å². The van der Waals surface area contributed by atoms with Crippen molar-refractivity contribution in [2.45, 2.75) is 51.7 Å². The molecule has 1 atom stereocenters. The fraction of sp³-hybridized carbons (Fsp3) is 0.600. The Kier molecular flexibility index (Phi) is 4.60. The number of hydrogen-bond donors (Lipinski definition) is 1. The fourth-order valence-corrected chi connectivity index (χ4v) is 2.61. The molecule has 0 amide bonds. The molecule has 0 spiro atoms. The van der Waals surface area contributed by atoms with E-state index in [-0.39, 0.29) is 11.8 Å². The van der Waals surface area contributed by atoms with Gasteiger partial charge in [-0.1, -0.05) is 6.92 Å². The molecular weight excluding hydrogens is 258 g/mol. The first kappa shape index (κ1) is 14.8. The van der Waals surface area contributed by atoms with Crippen molar-refractivity contribution in [3.05, 3.63) is 33.9 Å². The van der Waals surface area contributed by atoms with Gasteiger partial charge in [-0.15, -0.1) is 0 Å². The lowest BCUT2D eigenvalue weighted by molar-refractivity contribution is -0.385. The maximum atomic E-state index is 10.8. The zero-order valence-electron chi connectivity index (χ0n) is 11.9. The highest BCUT2D eigenvalue weighted by Gasteiger charge is 2.22. The second-order valence-corrected chi connectivity index (χ2v) is 5.65. The minimum absolute atomic E-state index is 0.0227. The summed E-state index contributed by atoms with van der Waals surface area (Å²) in [6.45, 7) is 3.83. The van der Waals surface area contributed by atoms with E-state index >= 15 is 0 Å². The largest absolute Gasteiger partial charge is 0.490 e. The van der Waals surface area contributed by atoms with E-state index in [9.17, 15) is 15.2 Å². The number of benzene rings is 1. The molecule has 2 rings (SSSR count). The first-order valence-electron chi connectivity index (χ1n) is 7.10. The van der Waals surface area contributed by atoms with Crippen molar-refractivity contribution in [3.8, 4) is 5.75 Å². The summed E-state index contributed by atoms with van der Waals surface area (Å²) in [4.78, 5) is 10.3. The summed E-state index contributed by atoms with van der Waals surface area (Å²) < 4.78 is 5.95. The molecule has 1 fully saturated rings. The van der Waals surface area contributed by atoms with Crippen LogP contribution in [0, 0.1) is 16.0 Å². The summed E-state index contributed by atoms with van der Waals surface area (Å²) >= 11 is 0. The number of hydrogen-bond acceptors (Lipinski definition) is 4. The van der Waals surface area contributed by atoms with E-state index in [2.05, 4.69) is 6.92 Å². The van der Waals surface area contributed by atoms with Crippen LogP contribution in [0.15, 0.2) is 18.2 Å². The van der Waals surface area contributed by atoms with Crippen LogP contribution >= 0.6 is 0 Å². The molecule has 0 heterocycles. The Labute approximate surface area is 118 Å². The van der Waals surface area contributed by atoms with Gasteiger partial charge in [-0.05, 0) is 44.6 Å². The molecule has 5 nitrogen and oxygen atoms in total. The monoisotopic (exact) mass is 279 g/mol. The van der Waals surface area contributed by atoms with Gasteiger partial charge in [0.05, 0.1) is 17.1 Å². The highest BCUT2D eigenvalue weighted by Crippen LogP contribution is 2.33. The zero-order valence-corrected chi connectivity index (χ0v) is 11.9. The average molecular weight is 279 g/mol. The van der Waals surface area contributed by atoms with Gasteiger partial charge in [-0.2, -0.15) is 0 Å². The van der Waals surface area contributed by atoms with Gasteiger partial charge >= 0.3 is 0 Å². The van der Waals surface area contributed by atoms with E-state index in [0.717, 1.165) is 31.6 Å². The van der Waals surface area contributed by atoms with Crippen molar-refractivity contribution in [2.24, 2.45) is 5.92 Å². The molecule has 1 aliphatic rings. The van der Waals surface area contributed by atoms with Gasteiger partial charge in [0.25, 0.3) is 5.69 Å². The summed E-state index contributed by atoms with van der Waals surface area (Å²) in [5.74, 6) is 1.30. The number of non-ortho nitro benzene ring substituents is 1. The van der Waals surface area contributed by atoms with Crippen molar-refractivity contribution in [1.29, 1.82) is 0 Å². The van der Waals surface area contributed by atoms with Crippen LogP contribution in [0.25, 0.3) is 0 Å². The predicted molar refractivity (Wildman–Crippen MR) is 75.8 cm³/mol. The number of rotatable bonds is 4. The van der Waals surface area contributed by atoms with Crippen LogP contribution in [0.5, 0.6) is 5.75 Å². The average Bonchev–Trinajstić information content (AvgIpc) is 2.41. The number of aliphatic hydroxyl groups is 1. The molecule has 1 aromatic rings. The summed E-state index contributed by atoms with van der Waals surface area (Å²) in [6.07, 6.45) is 3.63. The van der Waals surface area contributed by atoms with Crippen molar-refractivity contribution >= 4 is 5.69 Å². The molecule has 0 radical (unpaired) electrons. The van der Waals surface area contributed by atoms with Gasteiger partial charge in [0.15, 0.2) is 0 Å². The van der Waals surface area contributed by atoms with Gasteiger partial charge < -0.3 is 9.84 Å². The van der Waals surface area contributed by atoms with Crippen LogP contribution in [0.1, 0.15) is 51.2 Å². The maximum absolute atomic E-state index is 10.8. The molecule has 20 heavy (non-hydrogen) atoms. The highest BCUT2D eigenvalue weighted by molar-refractivity contribution is 5.44. The molecule has 1 aliphatic carbocycles. The van der Waals surface area contributed by atoms with Crippen molar-refractivity contribution in [1.82, 2.24) is 0 Å². The molecule has 110 valence electrons. The SMILES string of the molecule is CC1CCC(Oc2ccc([N+](=O)[O-])cc2C(C)O)CC1. The van der Waals surface area contributed by atoms with Crippen LogP contribution in [-0.4, -0.2) is 16.1 Å². The van der Waals surface area contributed by atoms with E-state index in [1.54, 1.807) is 13.0 Å². The lowest BCUT2D eigenvalue weighted by Gasteiger charge is -2.28. The van der Waals surface area contributed by atoms with Crippen LogP contribution in [0.3, 0.4) is 0 Å². The van der Waals surface area contributed by atoms with Crippen LogP contribution < -0.4 is 4.74 Å². The normalized spacial score (nSPS) is 24.1. The molecule has 1 unspecified atom stereocenters. The quantitative estimate of drug-likeness (QED) is 0.675. The Hall–Kier alpha value is -1.62. The second kappa shape index (κ2) is 6.22. The molecule has 5 heteroatoms. The Balaban J connectivity index is 2.16. The van der Waals surface area contributed by atoms with Crippen LogP contribution in [-0.2, 0) is 0 Å². The van der Waals surface area contributed by atoms with Gasteiger partial charge in [0.2, 0.25) is 0 Å². The van der Waals surface area contributed by atoms with E-state index in [1.807, 2.05) is 0 Å².